The molecule has 7 nitrogen and oxygen atoms in total. The Hall–Kier alpha value is -3.11. The number of rotatable bonds is 4. The lowest BCUT2D eigenvalue weighted by atomic mass is 9.93. The summed E-state index contributed by atoms with van der Waals surface area (Å²) in [6.45, 7) is 2.36. The van der Waals surface area contributed by atoms with E-state index in [1.807, 2.05) is 25.1 Å². The summed E-state index contributed by atoms with van der Waals surface area (Å²) in [6.07, 6.45) is 4.05. The van der Waals surface area contributed by atoms with Gasteiger partial charge in [0.2, 0.25) is 0 Å². The molecule has 1 saturated carbocycles. The predicted octanol–water partition coefficient (Wildman–Crippen LogP) is 2.91. The first-order valence-electron chi connectivity index (χ1n) is 9.84. The van der Waals surface area contributed by atoms with Gasteiger partial charge in [-0.2, -0.15) is 5.26 Å². The fourth-order valence-corrected chi connectivity index (χ4v) is 4.23. The molecule has 0 spiro atoms. The predicted molar refractivity (Wildman–Crippen MR) is 109 cm³/mol. The number of nitriles is 1. The molecule has 0 atom stereocenters. The highest BCUT2D eigenvalue weighted by Gasteiger charge is 2.26. The number of methoxy groups -OCH3 is 1. The number of aliphatic hydroxyl groups excluding tert-OH is 1. The van der Waals surface area contributed by atoms with Crippen LogP contribution in [0, 0.1) is 18.3 Å². The maximum atomic E-state index is 13.4. The van der Waals surface area contributed by atoms with Crippen LogP contribution in [0.4, 0.5) is 0 Å². The molecule has 1 fully saturated rings. The van der Waals surface area contributed by atoms with Crippen molar-refractivity contribution in [3.05, 3.63) is 57.6 Å². The number of pyridine rings is 1. The van der Waals surface area contributed by atoms with Gasteiger partial charge in [-0.3, -0.25) is 9.13 Å². The molecule has 3 aromatic rings. The van der Waals surface area contributed by atoms with Crippen molar-refractivity contribution in [2.24, 2.45) is 0 Å². The van der Waals surface area contributed by atoms with E-state index < -0.39 is 0 Å². The summed E-state index contributed by atoms with van der Waals surface area (Å²) in [7, 11) is 1.64. The van der Waals surface area contributed by atoms with Gasteiger partial charge in [0.1, 0.15) is 11.8 Å². The average molecular weight is 392 g/mol. The Morgan fingerprint density at radius 1 is 1.28 bits per heavy atom. The van der Waals surface area contributed by atoms with Crippen LogP contribution in [0.3, 0.4) is 0 Å². The number of ether oxygens (including phenoxy) is 1. The first kappa shape index (κ1) is 19.2. The standard InChI is InChI=1S/C22H24N4O3/c1-14-9-15(3-8-20(14)29-2)13-25-19-10-16(11-23)12-24-21(19)26(22(25)28)17-4-6-18(27)7-5-17/h3,8-10,12,17-18,27H,4-7,13H2,1-2H3. The Kier molecular flexibility index (Phi) is 5.12. The Labute approximate surface area is 168 Å². The molecular weight excluding hydrogens is 368 g/mol. The first-order chi connectivity index (χ1) is 14.0. The van der Waals surface area contributed by atoms with E-state index in [9.17, 15) is 15.2 Å². The van der Waals surface area contributed by atoms with Crippen LogP contribution in [-0.2, 0) is 6.54 Å². The van der Waals surface area contributed by atoms with Crippen molar-refractivity contribution in [1.82, 2.24) is 14.1 Å². The van der Waals surface area contributed by atoms with E-state index in [4.69, 9.17) is 4.74 Å². The molecule has 150 valence electrons. The summed E-state index contributed by atoms with van der Waals surface area (Å²) >= 11 is 0. The lowest BCUT2D eigenvalue weighted by Crippen LogP contribution is -2.31. The molecule has 0 amide bonds. The van der Waals surface area contributed by atoms with Crippen LogP contribution in [0.25, 0.3) is 11.2 Å². The quantitative estimate of drug-likeness (QED) is 0.737. The fourth-order valence-electron chi connectivity index (χ4n) is 4.23. The van der Waals surface area contributed by atoms with Crippen molar-refractivity contribution < 1.29 is 9.84 Å². The van der Waals surface area contributed by atoms with Crippen molar-refractivity contribution >= 4 is 11.2 Å². The molecule has 1 aromatic carbocycles. The molecule has 4 rings (SSSR count). The van der Waals surface area contributed by atoms with Crippen molar-refractivity contribution in [3.63, 3.8) is 0 Å². The number of hydrogen-bond donors (Lipinski definition) is 1. The second-order valence-electron chi connectivity index (χ2n) is 7.68. The third kappa shape index (κ3) is 3.52. The largest absolute Gasteiger partial charge is 0.496 e. The van der Waals surface area contributed by atoms with Gasteiger partial charge in [-0.15, -0.1) is 0 Å². The zero-order valence-corrected chi connectivity index (χ0v) is 16.6. The van der Waals surface area contributed by atoms with Crippen molar-refractivity contribution in [3.8, 4) is 11.8 Å². The molecule has 0 unspecified atom stereocenters. The van der Waals surface area contributed by atoms with Crippen molar-refractivity contribution in [2.45, 2.75) is 51.3 Å². The van der Waals surface area contributed by atoms with E-state index in [-0.39, 0.29) is 17.8 Å². The summed E-state index contributed by atoms with van der Waals surface area (Å²) in [4.78, 5) is 17.8. The maximum Gasteiger partial charge on any atom is 0.330 e. The van der Waals surface area contributed by atoms with Gasteiger partial charge >= 0.3 is 5.69 Å². The average Bonchev–Trinajstić information content (AvgIpc) is 3.00. The van der Waals surface area contributed by atoms with Gasteiger partial charge in [-0.1, -0.05) is 12.1 Å². The monoisotopic (exact) mass is 392 g/mol. The van der Waals surface area contributed by atoms with E-state index in [0.29, 0.717) is 36.1 Å². The normalized spacial score (nSPS) is 19.2. The second kappa shape index (κ2) is 7.72. The van der Waals surface area contributed by atoms with Crippen LogP contribution in [0.1, 0.15) is 48.4 Å². The molecular formula is C22H24N4O3. The molecule has 0 saturated heterocycles. The Bertz CT molecular complexity index is 1150. The summed E-state index contributed by atoms with van der Waals surface area (Å²) < 4.78 is 8.77. The third-order valence-corrected chi connectivity index (χ3v) is 5.76. The van der Waals surface area contributed by atoms with Gasteiger partial charge < -0.3 is 9.84 Å². The van der Waals surface area contributed by atoms with Crippen LogP contribution >= 0.6 is 0 Å². The smallest absolute Gasteiger partial charge is 0.330 e. The molecule has 7 heteroatoms. The molecule has 2 aromatic heterocycles. The van der Waals surface area contributed by atoms with Gasteiger partial charge in [-0.25, -0.2) is 9.78 Å². The van der Waals surface area contributed by atoms with E-state index >= 15 is 0 Å². The number of benzene rings is 1. The zero-order chi connectivity index (χ0) is 20.5. The lowest BCUT2D eigenvalue weighted by Gasteiger charge is -2.26. The molecule has 0 bridgehead atoms. The Balaban J connectivity index is 1.82. The maximum absolute atomic E-state index is 13.4. The van der Waals surface area contributed by atoms with Crippen LogP contribution in [0.15, 0.2) is 35.3 Å². The summed E-state index contributed by atoms with van der Waals surface area (Å²) in [5.41, 5.74) is 3.53. The molecule has 0 aliphatic heterocycles. The number of nitrogens with zero attached hydrogens (tertiary/aromatic N) is 4. The molecule has 0 radical (unpaired) electrons. The number of aromatic nitrogens is 3. The Morgan fingerprint density at radius 3 is 2.69 bits per heavy atom. The zero-order valence-electron chi connectivity index (χ0n) is 16.6. The lowest BCUT2D eigenvalue weighted by molar-refractivity contribution is 0.110. The van der Waals surface area contributed by atoms with E-state index in [1.165, 1.54) is 6.20 Å². The van der Waals surface area contributed by atoms with E-state index in [0.717, 1.165) is 29.7 Å². The van der Waals surface area contributed by atoms with Gasteiger partial charge in [0, 0.05) is 12.2 Å². The van der Waals surface area contributed by atoms with E-state index in [1.54, 1.807) is 22.3 Å². The molecule has 1 N–H and O–H groups in total. The second-order valence-corrected chi connectivity index (χ2v) is 7.68. The van der Waals surface area contributed by atoms with Gasteiger partial charge in [-0.05, 0) is 55.9 Å². The highest BCUT2D eigenvalue weighted by atomic mass is 16.5. The van der Waals surface area contributed by atoms with Crippen LogP contribution in [-0.4, -0.2) is 32.4 Å². The highest BCUT2D eigenvalue weighted by molar-refractivity contribution is 5.73. The minimum absolute atomic E-state index is 0.00712. The number of hydrogen-bond acceptors (Lipinski definition) is 5. The molecule has 1 aliphatic carbocycles. The van der Waals surface area contributed by atoms with Crippen molar-refractivity contribution in [1.29, 1.82) is 5.26 Å². The summed E-state index contributed by atoms with van der Waals surface area (Å²) in [5, 5.41) is 19.1. The number of fused-ring (bicyclic) bond motifs is 1. The number of aliphatic hydroxyl groups is 1. The fraction of sp³-hybridized carbons (Fsp3) is 0.409. The minimum Gasteiger partial charge on any atom is -0.496 e. The summed E-state index contributed by atoms with van der Waals surface area (Å²) in [5.74, 6) is 0.803. The van der Waals surface area contributed by atoms with Crippen LogP contribution < -0.4 is 10.4 Å². The SMILES string of the molecule is COc1ccc(Cn2c(=O)n(C3CCC(O)CC3)c3ncc(C#N)cc32)cc1C. The van der Waals surface area contributed by atoms with Gasteiger partial charge in [0.05, 0.1) is 30.8 Å². The Morgan fingerprint density at radius 2 is 2.03 bits per heavy atom. The van der Waals surface area contributed by atoms with E-state index in [2.05, 4.69) is 11.1 Å². The summed E-state index contributed by atoms with van der Waals surface area (Å²) in [6, 6.07) is 9.70. The van der Waals surface area contributed by atoms with Crippen molar-refractivity contribution in [2.75, 3.05) is 7.11 Å². The highest BCUT2D eigenvalue weighted by Crippen LogP contribution is 2.30. The van der Waals surface area contributed by atoms with Gasteiger partial charge in [0.15, 0.2) is 5.65 Å². The minimum atomic E-state index is -0.296. The van der Waals surface area contributed by atoms with Crippen LogP contribution in [0.5, 0.6) is 5.75 Å². The molecule has 29 heavy (non-hydrogen) atoms. The third-order valence-electron chi connectivity index (χ3n) is 5.76. The topological polar surface area (TPSA) is 93.1 Å². The van der Waals surface area contributed by atoms with Crippen LogP contribution in [0.2, 0.25) is 0 Å². The molecule has 2 heterocycles. The van der Waals surface area contributed by atoms with Gasteiger partial charge in [0.25, 0.3) is 0 Å². The first-order valence-corrected chi connectivity index (χ1v) is 9.84. The number of aryl methyl sites for hydroxylation is 1. The molecule has 1 aliphatic rings. The number of imidazole rings is 1.